The fourth-order valence-electron chi connectivity index (χ4n) is 6.66. The van der Waals surface area contributed by atoms with Crippen LogP contribution in [0.3, 0.4) is 0 Å². The average molecular weight is 518 g/mol. The molecule has 0 radical (unpaired) electrons. The number of carbonyl (C=O) groups excluding carboxylic acids is 4. The Balaban J connectivity index is 1.51. The second-order valence-electron chi connectivity index (χ2n) is 10.8. The number of hydrogen-bond donors (Lipinski definition) is 2. The Morgan fingerprint density at radius 2 is 1.79 bits per heavy atom. The molecule has 38 heavy (non-hydrogen) atoms. The number of amides is 2. The summed E-state index contributed by atoms with van der Waals surface area (Å²) in [6, 6.07) is 5.32. The molecule has 5 rings (SSSR count). The Morgan fingerprint density at radius 3 is 2.53 bits per heavy atom. The SMILES string of the molecule is CC1=CC(=O)C2=C(CC3C(=CCC4C(=O)N(CCCCCC(=O)O)C(=O)C43)C2c2cccc(C)c2O)C1=O. The van der Waals surface area contributed by atoms with E-state index in [4.69, 9.17) is 5.11 Å². The number of aliphatic carboxylic acids is 1. The molecule has 0 spiro atoms. The predicted molar refractivity (Wildman–Crippen MR) is 137 cm³/mol. The molecule has 8 heteroatoms. The van der Waals surface area contributed by atoms with Crippen molar-refractivity contribution in [3.63, 3.8) is 0 Å². The molecule has 1 aromatic rings. The molecule has 2 amide bonds. The maximum atomic E-state index is 13.7. The number of aryl methyl sites for hydroxylation is 1. The number of carboxylic acids is 1. The number of para-hydroxylation sites is 1. The summed E-state index contributed by atoms with van der Waals surface area (Å²) in [5.41, 5.74) is 3.05. The van der Waals surface area contributed by atoms with Gasteiger partial charge in [0.05, 0.1) is 11.8 Å². The number of rotatable bonds is 7. The Bertz CT molecular complexity index is 1360. The number of nitrogens with zero attached hydrogens (tertiary/aromatic N) is 1. The summed E-state index contributed by atoms with van der Waals surface area (Å²) in [6.45, 7) is 3.61. The minimum atomic E-state index is -0.871. The number of imide groups is 1. The third kappa shape index (κ3) is 4.12. The van der Waals surface area contributed by atoms with Crippen LogP contribution in [0.15, 0.2) is 52.6 Å². The second kappa shape index (κ2) is 9.82. The van der Waals surface area contributed by atoms with Gasteiger partial charge in [-0.05, 0) is 57.1 Å². The molecule has 4 atom stereocenters. The van der Waals surface area contributed by atoms with Crippen molar-refractivity contribution in [2.75, 3.05) is 6.54 Å². The van der Waals surface area contributed by atoms with Gasteiger partial charge in [-0.25, -0.2) is 0 Å². The molecule has 1 aliphatic heterocycles. The molecule has 198 valence electrons. The lowest BCUT2D eigenvalue weighted by molar-refractivity contribution is -0.141. The minimum Gasteiger partial charge on any atom is -0.507 e. The quantitative estimate of drug-likeness (QED) is 0.244. The first kappa shape index (κ1) is 25.8. The number of phenols is 1. The van der Waals surface area contributed by atoms with Crippen molar-refractivity contribution in [2.24, 2.45) is 17.8 Å². The van der Waals surface area contributed by atoms with Crippen LogP contribution in [-0.4, -0.2) is 51.0 Å². The third-order valence-corrected chi connectivity index (χ3v) is 8.51. The molecule has 0 saturated carbocycles. The van der Waals surface area contributed by atoms with Crippen molar-refractivity contribution in [1.82, 2.24) is 4.90 Å². The number of benzene rings is 1. The van der Waals surface area contributed by atoms with Gasteiger partial charge in [0.1, 0.15) is 5.75 Å². The summed E-state index contributed by atoms with van der Waals surface area (Å²) in [7, 11) is 0. The summed E-state index contributed by atoms with van der Waals surface area (Å²) in [4.78, 5) is 65.6. The van der Waals surface area contributed by atoms with E-state index in [1.54, 1.807) is 32.0 Å². The zero-order valence-electron chi connectivity index (χ0n) is 21.5. The van der Waals surface area contributed by atoms with E-state index in [2.05, 4.69) is 0 Å². The van der Waals surface area contributed by atoms with Gasteiger partial charge in [0, 0.05) is 41.2 Å². The molecular formula is C30H31NO7. The van der Waals surface area contributed by atoms with Crippen molar-refractivity contribution in [3.8, 4) is 5.75 Å². The number of likely N-dealkylation sites (tertiary alicyclic amines) is 1. The molecule has 1 aromatic carbocycles. The number of aromatic hydroxyl groups is 1. The van der Waals surface area contributed by atoms with Gasteiger partial charge in [0.15, 0.2) is 11.6 Å². The van der Waals surface area contributed by atoms with E-state index < -0.39 is 29.6 Å². The summed E-state index contributed by atoms with van der Waals surface area (Å²) in [5.74, 6) is -4.09. The van der Waals surface area contributed by atoms with Crippen molar-refractivity contribution in [3.05, 3.63) is 63.8 Å². The van der Waals surface area contributed by atoms with Gasteiger partial charge in [-0.2, -0.15) is 0 Å². The molecule has 0 aromatic heterocycles. The van der Waals surface area contributed by atoms with E-state index in [0.717, 1.165) is 5.57 Å². The zero-order chi connectivity index (χ0) is 27.3. The summed E-state index contributed by atoms with van der Waals surface area (Å²) in [6.07, 6.45) is 5.49. The second-order valence-corrected chi connectivity index (χ2v) is 10.8. The standard InChI is InChI=1S/C30H31NO7/c1-15-7-6-8-18(27(15)35)24-17-10-11-19-25(20(17)14-21-26(24)22(32)13-16(2)28(21)36)30(38)31(29(19)37)12-5-3-4-9-23(33)34/h6-8,10,13,19-20,24-25,35H,3-5,9,11-12,14H2,1-2H3,(H,33,34). The number of carboxylic acid groups (broad SMARTS) is 1. The Morgan fingerprint density at radius 1 is 1.03 bits per heavy atom. The van der Waals surface area contributed by atoms with Gasteiger partial charge in [-0.15, -0.1) is 0 Å². The third-order valence-electron chi connectivity index (χ3n) is 8.51. The molecule has 8 nitrogen and oxygen atoms in total. The van der Waals surface area contributed by atoms with Gasteiger partial charge < -0.3 is 10.2 Å². The molecule has 4 aliphatic rings. The lowest BCUT2D eigenvalue weighted by atomic mass is 9.59. The summed E-state index contributed by atoms with van der Waals surface area (Å²) >= 11 is 0. The number of Topliss-reactive ketones (excluding diaryl/α,β-unsaturated/α-hetero) is 1. The molecule has 0 bridgehead atoms. The fraction of sp³-hybridized carbons (Fsp3) is 0.433. The largest absolute Gasteiger partial charge is 0.507 e. The molecule has 1 fully saturated rings. The van der Waals surface area contributed by atoms with Crippen molar-refractivity contribution < 1.29 is 34.2 Å². The van der Waals surface area contributed by atoms with E-state index in [0.29, 0.717) is 53.5 Å². The van der Waals surface area contributed by atoms with Gasteiger partial charge in [0.25, 0.3) is 0 Å². The molecule has 1 heterocycles. The molecule has 3 aliphatic carbocycles. The van der Waals surface area contributed by atoms with Gasteiger partial charge in [-0.1, -0.05) is 36.3 Å². The number of unbranched alkanes of at least 4 members (excludes halogenated alkanes) is 2. The normalized spacial score (nSPS) is 26.6. The van der Waals surface area contributed by atoms with Gasteiger partial charge >= 0.3 is 5.97 Å². The molecule has 4 unspecified atom stereocenters. The van der Waals surface area contributed by atoms with E-state index >= 15 is 0 Å². The van der Waals surface area contributed by atoms with E-state index in [1.165, 1.54) is 11.0 Å². The first-order chi connectivity index (χ1) is 18.1. The van der Waals surface area contributed by atoms with Crippen LogP contribution >= 0.6 is 0 Å². The van der Waals surface area contributed by atoms with Crippen molar-refractivity contribution in [1.29, 1.82) is 0 Å². The topological polar surface area (TPSA) is 129 Å². The van der Waals surface area contributed by atoms with Crippen LogP contribution in [0.2, 0.25) is 0 Å². The van der Waals surface area contributed by atoms with Crippen LogP contribution in [0.1, 0.15) is 62.5 Å². The van der Waals surface area contributed by atoms with Crippen LogP contribution in [-0.2, 0) is 24.0 Å². The molecule has 1 saturated heterocycles. The van der Waals surface area contributed by atoms with Crippen LogP contribution in [0, 0.1) is 24.7 Å². The van der Waals surface area contributed by atoms with Crippen LogP contribution in [0.5, 0.6) is 5.75 Å². The first-order valence-electron chi connectivity index (χ1n) is 13.2. The number of fused-ring (bicyclic) bond motifs is 3. The summed E-state index contributed by atoms with van der Waals surface area (Å²) in [5, 5.41) is 19.8. The maximum absolute atomic E-state index is 13.7. The number of carbonyl (C=O) groups is 5. The lowest BCUT2D eigenvalue weighted by Crippen LogP contribution is -2.39. The van der Waals surface area contributed by atoms with E-state index in [1.807, 2.05) is 6.08 Å². The minimum absolute atomic E-state index is 0.0494. The molecule has 2 N–H and O–H groups in total. The monoisotopic (exact) mass is 517 g/mol. The highest BCUT2D eigenvalue weighted by molar-refractivity contribution is 6.23. The van der Waals surface area contributed by atoms with Crippen molar-refractivity contribution >= 4 is 29.4 Å². The van der Waals surface area contributed by atoms with Crippen LogP contribution in [0.25, 0.3) is 0 Å². The zero-order valence-corrected chi connectivity index (χ0v) is 21.5. The summed E-state index contributed by atoms with van der Waals surface area (Å²) < 4.78 is 0. The predicted octanol–water partition coefficient (Wildman–Crippen LogP) is 3.78. The van der Waals surface area contributed by atoms with Gasteiger partial charge in [0.2, 0.25) is 11.8 Å². The maximum Gasteiger partial charge on any atom is 0.303 e. The highest BCUT2D eigenvalue weighted by Gasteiger charge is 2.56. The average Bonchev–Trinajstić information content (AvgIpc) is 3.12. The van der Waals surface area contributed by atoms with E-state index in [9.17, 15) is 29.1 Å². The number of ketones is 2. The van der Waals surface area contributed by atoms with Crippen LogP contribution in [0.4, 0.5) is 0 Å². The lowest BCUT2D eigenvalue weighted by Gasteiger charge is -2.42. The molecular weight excluding hydrogens is 486 g/mol. The fourth-order valence-corrected chi connectivity index (χ4v) is 6.66. The Hall–Kier alpha value is -3.81. The number of hydrogen-bond acceptors (Lipinski definition) is 6. The van der Waals surface area contributed by atoms with Crippen molar-refractivity contribution in [2.45, 2.75) is 58.3 Å². The van der Waals surface area contributed by atoms with E-state index in [-0.39, 0.29) is 48.5 Å². The van der Waals surface area contributed by atoms with Gasteiger partial charge in [-0.3, -0.25) is 28.9 Å². The highest BCUT2D eigenvalue weighted by atomic mass is 16.4. The number of allylic oxidation sites excluding steroid dienone is 6. The Labute approximate surface area is 220 Å². The van der Waals surface area contributed by atoms with Crippen LogP contribution < -0.4 is 0 Å². The number of phenolic OH excluding ortho intramolecular Hbond substituents is 1. The smallest absolute Gasteiger partial charge is 0.303 e. The Kier molecular flexibility index (Phi) is 6.67. The first-order valence-corrected chi connectivity index (χ1v) is 13.2. The highest BCUT2D eigenvalue weighted by Crippen LogP contribution is 2.56.